The van der Waals surface area contributed by atoms with Crippen LogP contribution in [0, 0.1) is 20.3 Å². The van der Waals surface area contributed by atoms with Gasteiger partial charge in [-0.3, -0.25) is 4.98 Å². The molecular formula is C31H32HfN2. The Morgan fingerprint density at radius 3 is 1.76 bits per heavy atom. The van der Waals surface area contributed by atoms with Gasteiger partial charge in [-0.25, -0.2) is 0 Å². The molecule has 0 saturated heterocycles. The second kappa shape index (κ2) is 16.0. The molecule has 1 aromatic heterocycles. The van der Waals surface area contributed by atoms with Gasteiger partial charge in [0.15, 0.2) is 0 Å². The van der Waals surface area contributed by atoms with Crippen molar-refractivity contribution in [3.05, 3.63) is 157 Å². The number of benzene rings is 3. The molecule has 0 radical (unpaired) electrons. The van der Waals surface area contributed by atoms with E-state index in [4.69, 9.17) is 4.98 Å². The van der Waals surface area contributed by atoms with Crippen molar-refractivity contribution in [1.29, 1.82) is 0 Å². The number of aromatic nitrogens is 1. The molecule has 0 bridgehead atoms. The summed E-state index contributed by atoms with van der Waals surface area (Å²) in [6.07, 6.45) is 6.16. The average Bonchev–Trinajstić information content (AvgIpc) is 3.41. The summed E-state index contributed by atoms with van der Waals surface area (Å²) in [6, 6.07) is 36.1. The van der Waals surface area contributed by atoms with Gasteiger partial charge in [-0.1, -0.05) is 67.9 Å². The third kappa shape index (κ3) is 10.4. The zero-order chi connectivity index (χ0) is 23.1. The van der Waals surface area contributed by atoms with Crippen LogP contribution in [0.2, 0.25) is 0 Å². The SMILES string of the molecule is [CH2-]c1ccccc1.[CH2-]c1ccccc1.[Hf+4].c1ccc([N-]Cc2cccc(C3[CH-]CCC3)n2)cc1. The number of hydrogen-bond acceptors (Lipinski definition) is 1. The Labute approximate surface area is 224 Å². The Morgan fingerprint density at radius 1 is 0.735 bits per heavy atom. The van der Waals surface area contributed by atoms with E-state index in [-0.39, 0.29) is 25.8 Å². The third-order valence-corrected chi connectivity index (χ3v) is 5.24. The minimum atomic E-state index is 0. The fourth-order valence-electron chi connectivity index (χ4n) is 3.50. The van der Waals surface area contributed by atoms with E-state index in [2.05, 4.69) is 43.8 Å². The first-order chi connectivity index (χ1) is 16.2. The molecule has 1 atom stereocenters. The van der Waals surface area contributed by atoms with Crippen molar-refractivity contribution in [1.82, 2.24) is 4.98 Å². The summed E-state index contributed by atoms with van der Waals surface area (Å²) in [5.41, 5.74) is 5.42. The Kier molecular flexibility index (Phi) is 12.9. The van der Waals surface area contributed by atoms with Crippen LogP contribution < -0.4 is 0 Å². The van der Waals surface area contributed by atoms with Crippen LogP contribution in [-0.2, 0) is 32.4 Å². The Bertz CT molecular complexity index is 993. The van der Waals surface area contributed by atoms with Crippen LogP contribution in [0.15, 0.2) is 109 Å². The second-order valence-corrected chi connectivity index (χ2v) is 7.95. The first kappa shape index (κ1) is 27.5. The van der Waals surface area contributed by atoms with Crippen LogP contribution in [0.4, 0.5) is 5.69 Å². The largest absolute Gasteiger partial charge is 4.00 e. The maximum Gasteiger partial charge on any atom is 4.00 e. The fraction of sp³-hybridized carbons (Fsp3) is 0.161. The van der Waals surface area contributed by atoms with Crippen LogP contribution in [0.3, 0.4) is 0 Å². The van der Waals surface area contributed by atoms with Crippen LogP contribution in [-0.4, -0.2) is 4.98 Å². The van der Waals surface area contributed by atoms with Gasteiger partial charge in [0.1, 0.15) is 0 Å². The smallest absolute Gasteiger partial charge is 0.679 e. The monoisotopic (exact) mass is 612 g/mol. The molecule has 1 heterocycles. The van der Waals surface area contributed by atoms with Crippen molar-refractivity contribution in [3.63, 3.8) is 0 Å². The maximum absolute atomic E-state index is 4.74. The molecule has 0 spiro atoms. The quantitative estimate of drug-likeness (QED) is 0.168. The van der Waals surface area contributed by atoms with E-state index in [0.29, 0.717) is 12.5 Å². The standard InChI is InChI=1S/C17H18N2.2C7H7.Hf/c1-2-9-15(10-3-1)18-13-16-11-6-12-17(19-16)14-7-4-5-8-14;2*1-7-5-3-2-4-6-7;/h1-3,6-7,9-12,14H,4-5,8,13H2;2*2-6H,1H2;/q-2;2*-1;+4. The number of para-hydroxylation sites is 1. The molecule has 3 heteroatoms. The molecule has 0 amide bonds. The average molecular weight is 611 g/mol. The molecule has 170 valence electrons. The van der Waals surface area contributed by atoms with E-state index < -0.39 is 0 Å². The van der Waals surface area contributed by atoms with E-state index >= 15 is 0 Å². The van der Waals surface area contributed by atoms with Crippen molar-refractivity contribution in [2.75, 3.05) is 0 Å². The van der Waals surface area contributed by atoms with E-state index in [1.165, 1.54) is 25.0 Å². The van der Waals surface area contributed by atoms with Gasteiger partial charge in [0, 0.05) is 11.4 Å². The summed E-state index contributed by atoms with van der Waals surface area (Å²) in [5, 5.41) is 4.57. The topological polar surface area (TPSA) is 27.0 Å². The van der Waals surface area contributed by atoms with Gasteiger partial charge in [0.2, 0.25) is 0 Å². The molecule has 4 aromatic rings. The van der Waals surface area contributed by atoms with Crippen molar-refractivity contribution in [3.8, 4) is 0 Å². The van der Waals surface area contributed by atoms with Gasteiger partial charge in [0.05, 0.1) is 0 Å². The summed E-state index contributed by atoms with van der Waals surface area (Å²) in [7, 11) is 0. The first-order valence-electron chi connectivity index (χ1n) is 11.5. The number of nitrogens with zero attached hydrogens (tertiary/aromatic N) is 2. The van der Waals surface area contributed by atoms with E-state index in [1.54, 1.807) is 0 Å². The van der Waals surface area contributed by atoms with Gasteiger partial charge in [-0.15, -0.1) is 35.9 Å². The van der Waals surface area contributed by atoms with Gasteiger partial charge in [0.25, 0.3) is 0 Å². The Balaban J connectivity index is 0.000000224. The zero-order valence-corrected chi connectivity index (χ0v) is 23.3. The van der Waals surface area contributed by atoms with Crippen molar-refractivity contribution < 1.29 is 25.8 Å². The van der Waals surface area contributed by atoms with E-state index in [0.717, 1.165) is 22.5 Å². The molecular weight excluding hydrogens is 579 g/mol. The molecule has 1 saturated carbocycles. The molecule has 1 fully saturated rings. The second-order valence-electron chi connectivity index (χ2n) is 7.95. The van der Waals surface area contributed by atoms with Gasteiger partial charge >= 0.3 is 25.8 Å². The first-order valence-corrected chi connectivity index (χ1v) is 11.5. The molecule has 0 N–H and O–H groups in total. The number of pyridine rings is 1. The van der Waals surface area contributed by atoms with E-state index in [9.17, 15) is 0 Å². The van der Waals surface area contributed by atoms with Crippen molar-refractivity contribution in [2.24, 2.45) is 0 Å². The van der Waals surface area contributed by atoms with Crippen LogP contribution in [0.25, 0.3) is 5.32 Å². The minimum Gasteiger partial charge on any atom is -0.679 e. The van der Waals surface area contributed by atoms with Gasteiger partial charge < -0.3 is 11.7 Å². The summed E-state index contributed by atoms with van der Waals surface area (Å²) in [5.74, 6) is 0.552. The van der Waals surface area contributed by atoms with Crippen LogP contribution in [0.1, 0.15) is 47.7 Å². The molecule has 1 unspecified atom stereocenters. The molecule has 0 aliphatic heterocycles. The molecule has 1 aliphatic rings. The Hall–Kier alpha value is -2.78. The van der Waals surface area contributed by atoms with Crippen LogP contribution in [0.5, 0.6) is 0 Å². The van der Waals surface area contributed by atoms with E-state index in [1.807, 2.05) is 91.0 Å². The molecule has 3 aromatic carbocycles. The van der Waals surface area contributed by atoms with Crippen molar-refractivity contribution in [2.45, 2.75) is 31.7 Å². The van der Waals surface area contributed by atoms with Crippen molar-refractivity contribution >= 4 is 5.69 Å². The number of rotatable bonds is 4. The molecule has 34 heavy (non-hydrogen) atoms. The Morgan fingerprint density at radius 2 is 1.29 bits per heavy atom. The number of hydrogen-bond donors (Lipinski definition) is 0. The summed E-state index contributed by atoms with van der Waals surface area (Å²) in [6.45, 7) is 8.10. The summed E-state index contributed by atoms with van der Waals surface area (Å²) in [4.78, 5) is 4.74. The van der Waals surface area contributed by atoms with Gasteiger partial charge in [-0.05, 0) is 12.1 Å². The summed E-state index contributed by atoms with van der Waals surface area (Å²) < 4.78 is 0. The third-order valence-electron chi connectivity index (χ3n) is 5.24. The minimum absolute atomic E-state index is 0. The summed E-state index contributed by atoms with van der Waals surface area (Å²) >= 11 is 0. The van der Waals surface area contributed by atoms with Crippen LogP contribution >= 0.6 is 0 Å². The van der Waals surface area contributed by atoms with Gasteiger partial charge in [-0.2, -0.15) is 55.7 Å². The maximum atomic E-state index is 4.74. The fourth-order valence-corrected chi connectivity index (χ4v) is 3.50. The normalized spacial score (nSPS) is 13.8. The zero-order valence-electron chi connectivity index (χ0n) is 19.7. The molecule has 2 nitrogen and oxygen atoms in total. The molecule has 1 aliphatic carbocycles. The predicted molar refractivity (Wildman–Crippen MR) is 140 cm³/mol. The predicted octanol–water partition coefficient (Wildman–Crippen LogP) is 8.49. The molecule has 5 rings (SSSR count).